The molecule has 0 unspecified atom stereocenters. The lowest BCUT2D eigenvalue weighted by Crippen LogP contribution is -2.19. The number of carbonyl (C=O) groups is 1. The summed E-state index contributed by atoms with van der Waals surface area (Å²) >= 11 is 4.35. The number of hydrazone groups is 1. The van der Waals surface area contributed by atoms with E-state index in [9.17, 15) is 14.9 Å². The van der Waals surface area contributed by atoms with Crippen LogP contribution in [0.1, 0.15) is 16.7 Å². The van der Waals surface area contributed by atoms with Gasteiger partial charge in [-0.15, -0.1) is 10.2 Å². The summed E-state index contributed by atoms with van der Waals surface area (Å²) in [6.45, 7) is 2.06. The minimum atomic E-state index is -0.449. The lowest BCUT2D eigenvalue weighted by Gasteiger charge is -1.99. The van der Waals surface area contributed by atoms with Crippen molar-refractivity contribution in [3.63, 3.8) is 0 Å². The summed E-state index contributed by atoms with van der Waals surface area (Å²) in [5.74, 6) is 0.686. The predicted octanol–water partition coefficient (Wildman–Crippen LogP) is 4.95. The summed E-state index contributed by atoms with van der Waals surface area (Å²) in [6, 6.07) is 14.7. The third-order valence-electron chi connectivity index (χ3n) is 3.96. The average Bonchev–Trinajstić information content (AvgIpc) is 3.25. The van der Waals surface area contributed by atoms with E-state index in [1.165, 1.54) is 52.6 Å². The highest BCUT2D eigenvalue weighted by molar-refractivity contribution is 8.03. The van der Waals surface area contributed by atoms with E-state index in [4.69, 9.17) is 0 Å². The molecule has 8 nitrogen and oxygen atoms in total. The van der Waals surface area contributed by atoms with Crippen LogP contribution in [0.5, 0.6) is 0 Å². The zero-order valence-electron chi connectivity index (χ0n) is 17.0. The van der Waals surface area contributed by atoms with Gasteiger partial charge in [-0.05, 0) is 30.7 Å². The zero-order chi connectivity index (χ0) is 22.8. The van der Waals surface area contributed by atoms with Crippen molar-refractivity contribution in [2.75, 3.05) is 5.75 Å². The standard InChI is InChI=1S/C21H19N5O3S3/c1-15-8-10-16(11-9-15)13-30-20-24-25-21(32-20)31-14-19(27)23-22-12-4-6-17-5-2-3-7-18(17)26(28)29/h2-12H,13-14H2,1H3,(H,23,27)/b6-4+,22-12-. The number of aromatic nitrogens is 2. The number of nitrogens with zero attached hydrogens (tertiary/aromatic N) is 4. The Balaban J connectivity index is 1.39. The summed E-state index contributed by atoms with van der Waals surface area (Å²) in [5, 5.41) is 23.0. The minimum Gasteiger partial charge on any atom is -0.272 e. The van der Waals surface area contributed by atoms with Gasteiger partial charge in [-0.1, -0.05) is 76.8 Å². The summed E-state index contributed by atoms with van der Waals surface area (Å²) in [5.41, 5.74) is 5.32. The highest BCUT2D eigenvalue weighted by atomic mass is 32.2. The number of amides is 1. The predicted molar refractivity (Wildman–Crippen MR) is 130 cm³/mol. The van der Waals surface area contributed by atoms with Crippen molar-refractivity contribution in [2.45, 2.75) is 21.4 Å². The van der Waals surface area contributed by atoms with Crippen LogP contribution in [-0.4, -0.2) is 33.0 Å². The number of thioether (sulfide) groups is 2. The second kappa shape index (κ2) is 12.1. The van der Waals surface area contributed by atoms with Crippen LogP contribution in [0.15, 0.2) is 68.4 Å². The van der Waals surface area contributed by atoms with E-state index in [1.54, 1.807) is 36.0 Å². The Morgan fingerprint density at radius 1 is 1.16 bits per heavy atom. The molecule has 0 spiro atoms. The first-order valence-corrected chi connectivity index (χ1v) is 12.2. The van der Waals surface area contributed by atoms with Crippen molar-refractivity contribution in [1.82, 2.24) is 15.6 Å². The minimum absolute atomic E-state index is 0.00559. The number of hydrogen-bond acceptors (Lipinski definition) is 9. The van der Waals surface area contributed by atoms with Gasteiger partial charge in [0.1, 0.15) is 0 Å². The third-order valence-corrected chi connectivity index (χ3v) is 7.22. The molecule has 2 aromatic carbocycles. The number of nitrogens with one attached hydrogen (secondary N) is 1. The molecule has 1 heterocycles. The first-order valence-electron chi connectivity index (χ1n) is 9.38. The van der Waals surface area contributed by atoms with E-state index in [1.807, 2.05) is 0 Å². The number of nitro groups is 1. The second-order valence-corrected chi connectivity index (χ2v) is 9.81. The van der Waals surface area contributed by atoms with E-state index >= 15 is 0 Å². The Labute approximate surface area is 197 Å². The molecular formula is C21H19N5O3S3. The maximum Gasteiger partial charge on any atom is 0.276 e. The Hall–Kier alpha value is -3.02. The van der Waals surface area contributed by atoms with Gasteiger partial charge in [0, 0.05) is 18.0 Å². The Bertz CT molecular complexity index is 1130. The van der Waals surface area contributed by atoms with Crippen molar-refractivity contribution in [1.29, 1.82) is 0 Å². The van der Waals surface area contributed by atoms with E-state index in [2.05, 4.69) is 51.9 Å². The van der Waals surface area contributed by atoms with Crippen molar-refractivity contribution < 1.29 is 9.72 Å². The molecule has 3 rings (SSSR count). The van der Waals surface area contributed by atoms with Crippen LogP contribution < -0.4 is 5.43 Å². The lowest BCUT2D eigenvalue weighted by atomic mass is 10.2. The SMILES string of the molecule is Cc1ccc(CSc2nnc(SCC(=O)N/N=C\C=C\c3ccccc3[N+](=O)[O-])s2)cc1. The number of benzene rings is 2. The van der Waals surface area contributed by atoms with Gasteiger partial charge in [0.15, 0.2) is 8.68 Å². The fourth-order valence-corrected chi connectivity index (χ4v) is 5.16. The quantitative estimate of drug-likeness (QED) is 0.187. The smallest absolute Gasteiger partial charge is 0.272 e. The first kappa shape index (κ1) is 23.6. The number of rotatable bonds is 10. The maximum atomic E-state index is 11.9. The van der Waals surface area contributed by atoms with Gasteiger partial charge in [0.05, 0.1) is 16.2 Å². The van der Waals surface area contributed by atoms with Crippen molar-refractivity contribution in [3.8, 4) is 0 Å². The molecule has 0 aliphatic rings. The average molecular weight is 486 g/mol. The zero-order valence-corrected chi connectivity index (χ0v) is 19.5. The van der Waals surface area contributed by atoms with Gasteiger partial charge in [-0.2, -0.15) is 5.10 Å². The number of allylic oxidation sites excluding steroid dienone is 1. The maximum absolute atomic E-state index is 11.9. The monoisotopic (exact) mass is 485 g/mol. The molecule has 0 atom stereocenters. The largest absolute Gasteiger partial charge is 0.276 e. The summed E-state index contributed by atoms with van der Waals surface area (Å²) in [6.07, 6.45) is 4.45. The van der Waals surface area contributed by atoms with Gasteiger partial charge in [0.2, 0.25) is 0 Å². The number of carbonyl (C=O) groups excluding carboxylic acids is 1. The number of nitro benzene ring substituents is 1. The summed E-state index contributed by atoms with van der Waals surface area (Å²) in [7, 11) is 0. The molecule has 0 radical (unpaired) electrons. The number of hydrogen-bond donors (Lipinski definition) is 1. The van der Waals surface area contributed by atoms with Crippen LogP contribution in [-0.2, 0) is 10.5 Å². The Morgan fingerprint density at radius 2 is 1.88 bits per heavy atom. The highest BCUT2D eigenvalue weighted by Crippen LogP contribution is 2.30. The molecule has 0 fully saturated rings. The normalized spacial score (nSPS) is 11.3. The lowest BCUT2D eigenvalue weighted by molar-refractivity contribution is -0.385. The summed E-state index contributed by atoms with van der Waals surface area (Å²) in [4.78, 5) is 22.5. The number of para-hydroxylation sites is 1. The van der Waals surface area contributed by atoms with Crippen LogP contribution in [0.25, 0.3) is 6.08 Å². The van der Waals surface area contributed by atoms with Crippen molar-refractivity contribution in [3.05, 3.63) is 81.4 Å². The van der Waals surface area contributed by atoms with E-state index in [0.29, 0.717) is 9.90 Å². The fourth-order valence-electron chi connectivity index (χ4n) is 2.40. The third kappa shape index (κ3) is 7.59. The second-order valence-electron chi connectivity index (χ2n) is 6.39. The molecule has 1 N–H and O–H groups in total. The molecule has 3 aromatic rings. The summed E-state index contributed by atoms with van der Waals surface area (Å²) < 4.78 is 1.57. The van der Waals surface area contributed by atoms with Crippen LogP contribution in [0.4, 0.5) is 5.69 Å². The Morgan fingerprint density at radius 3 is 2.62 bits per heavy atom. The molecule has 0 saturated heterocycles. The molecular weight excluding hydrogens is 466 g/mol. The van der Waals surface area contributed by atoms with Crippen molar-refractivity contribution in [2.24, 2.45) is 5.10 Å². The molecule has 11 heteroatoms. The van der Waals surface area contributed by atoms with Crippen LogP contribution in [0.2, 0.25) is 0 Å². The van der Waals surface area contributed by atoms with Crippen LogP contribution in [0.3, 0.4) is 0 Å². The van der Waals surface area contributed by atoms with Gasteiger partial charge in [-0.3, -0.25) is 14.9 Å². The van der Waals surface area contributed by atoms with E-state index in [0.717, 1.165) is 10.1 Å². The van der Waals surface area contributed by atoms with Gasteiger partial charge >= 0.3 is 0 Å². The molecule has 32 heavy (non-hydrogen) atoms. The van der Waals surface area contributed by atoms with Crippen LogP contribution in [0, 0.1) is 17.0 Å². The first-order chi connectivity index (χ1) is 15.5. The fraction of sp³-hybridized carbons (Fsp3) is 0.143. The van der Waals surface area contributed by atoms with Crippen LogP contribution >= 0.6 is 34.9 Å². The van der Waals surface area contributed by atoms with Gasteiger partial charge < -0.3 is 0 Å². The molecule has 1 amide bonds. The van der Waals surface area contributed by atoms with E-state index in [-0.39, 0.29) is 17.3 Å². The molecule has 0 aliphatic carbocycles. The van der Waals surface area contributed by atoms with Crippen molar-refractivity contribution >= 4 is 58.7 Å². The topological polar surface area (TPSA) is 110 Å². The molecule has 0 bridgehead atoms. The van der Waals surface area contributed by atoms with Gasteiger partial charge in [0.25, 0.3) is 11.6 Å². The van der Waals surface area contributed by atoms with Gasteiger partial charge in [-0.25, -0.2) is 5.43 Å². The molecule has 0 saturated carbocycles. The highest BCUT2D eigenvalue weighted by Gasteiger charge is 2.09. The molecule has 164 valence electrons. The molecule has 1 aromatic heterocycles. The van der Waals surface area contributed by atoms with E-state index < -0.39 is 4.92 Å². The Kier molecular flexibility index (Phi) is 8.96. The number of aryl methyl sites for hydroxylation is 1. The molecule has 0 aliphatic heterocycles.